The van der Waals surface area contributed by atoms with E-state index in [0.29, 0.717) is 23.2 Å². The van der Waals surface area contributed by atoms with Crippen LogP contribution in [0.25, 0.3) is 11.4 Å². The second-order valence-electron chi connectivity index (χ2n) is 7.15. The smallest absolute Gasteiger partial charge is 0.319 e. The number of hydrogen-bond acceptors (Lipinski definition) is 5. The summed E-state index contributed by atoms with van der Waals surface area (Å²) in [5, 5.41) is 22.4. The van der Waals surface area contributed by atoms with Crippen LogP contribution in [0.15, 0.2) is 48.5 Å². The molecule has 1 fully saturated rings. The molecule has 1 aromatic heterocycles. The van der Waals surface area contributed by atoms with Crippen molar-refractivity contribution in [2.45, 2.75) is 24.9 Å². The highest BCUT2D eigenvalue weighted by Gasteiger charge is 2.27. The van der Waals surface area contributed by atoms with E-state index in [0.717, 1.165) is 24.2 Å². The minimum absolute atomic E-state index is 0.0135. The minimum Gasteiger partial charge on any atom is -0.491 e. The summed E-state index contributed by atoms with van der Waals surface area (Å²) in [5.74, 6) is 1.96. The van der Waals surface area contributed by atoms with Crippen molar-refractivity contribution in [2.75, 3.05) is 18.5 Å². The molecule has 1 saturated carbocycles. The largest absolute Gasteiger partial charge is 0.491 e. The number of aromatic amines is 1. The number of carbonyl (C=O) groups is 1. The van der Waals surface area contributed by atoms with Crippen LogP contribution >= 0.6 is 0 Å². The van der Waals surface area contributed by atoms with Crippen molar-refractivity contribution in [3.8, 4) is 17.1 Å². The fourth-order valence-electron chi connectivity index (χ4n) is 2.84. The highest BCUT2D eigenvalue weighted by molar-refractivity contribution is 5.89. The first-order chi connectivity index (χ1) is 14.6. The van der Waals surface area contributed by atoms with Crippen molar-refractivity contribution >= 4 is 11.7 Å². The molecule has 2 aromatic carbocycles. The predicted molar refractivity (Wildman–Crippen MR) is 109 cm³/mol. The van der Waals surface area contributed by atoms with Gasteiger partial charge in [0.15, 0.2) is 5.82 Å². The van der Waals surface area contributed by atoms with Gasteiger partial charge in [0.2, 0.25) is 0 Å². The molecule has 1 unspecified atom stereocenters. The average molecular weight is 411 g/mol. The summed E-state index contributed by atoms with van der Waals surface area (Å²) in [5.41, 5.74) is 1.45. The Morgan fingerprint density at radius 2 is 2.07 bits per heavy atom. The molecule has 1 aliphatic rings. The van der Waals surface area contributed by atoms with E-state index < -0.39 is 18.0 Å². The van der Waals surface area contributed by atoms with E-state index in [1.807, 2.05) is 12.1 Å². The zero-order chi connectivity index (χ0) is 20.9. The molecular weight excluding hydrogens is 389 g/mol. The lowest BCUT2D eigenvalue weighted by Crippen LogP contribution is -2.37. The highest BCUT2D eigenvalue weighted by atomic mass is 19.1. The van der Waals surface area contributed by atoms with Crippen LogP contribution in [-0.4, -0.2) is 45.6 Å². The van der Waals surface area contributed by atoms with Crippen molar-refractivity contribution in [1.82, 2.24) is 20.5 Å². The number of aromatic nitrogens is 3. The number of amides is 2. The molecule has 156 valence electrons. The molecule has 9 heteroatoms. The summed E-state index contributed by atoms with van der Waals surface area (Å²) in [6.07, 6.45) is 1.36. The lowest BCUT2D eigenvalue weighted by molar-refractivity contribution is 0.108. The Morgan fingerprint density at radius 3 is 2.80 bits per heavy atom. The second kappa shape index (κ2) is 8.91. The minimum atomic E-state index is -0.937. The number of H-pyrrole nitrogens is 1. The van der Waals surface area contributed by atoms with Crippen molar-refractivity contribution in [3.05, 3.63) is 60.2 Å². The Hall–Kier alpha value is -3.46. The Kier molecular flexibility index (Phi) is 5.89. The number of hydrogen-bond donors (Lipinski definition) is 4. The summed E-state index contributed by atoms with van der Waals surface area (Å²) in [6, 6.07) is 12.3. The van der Waals surface area contributed by atoms with Gasteiger partial charge in [-0.15, -0.1) is 0 Å². The zero-order valence-electron chi connectivity index (χ0n) is 16.1. The number of ether oxygens (including phenoxy) is 1. The van der Waals surface area contributed by atoms with Gasteiger partial charge >= 0.3 is 6.03 Å². The number of nitrogens with one attached hydrogen (secondary N) is 3. The molecule has 3 aromatic rings. The Morgan fingerprint density at radius 1 is 1.27 bits per heavy atom. The van der Waals surface area contributed by atoms with Crippen molar-refractivity contribution in [3.63, 3.8) is 0 Å². The highest BCUT2D eigenvalue weighted by Crippen LogP contribution is 2.38. The summed E-state index contributed by atoms with van der Waals surface area (Å²) < 4.78 is 18.4. The van der Waals surface area contributed by atoms with E-state index in [9.17, 15) is 14.3 Å². The SMILES string of the molecule is O=C(NCC(O)COc1cccc(F)c1)Nc1ccc(-c2n[nH]c(C3CC3)n2)cc1. The molecule has 30 heavy (non-hydrogen) atoms. The number of benzene rings is 2. The molecule has 1 aliphatic carbocycles. The quantitative estimate of drug-likeness (QED) is 0.455. The first-order valence-electron chi connectivity index (χ1n) is 9.71. The van der Waals surface area contributed by atoms with Gasteiger partial charge in [0.05, 0.1) is 0 Å². The summed E-state index contributed by atoms with van der Waals surface area (Å²) in [4.78, 5) is 16.5. The van der Waals surface area contributed by atoms with Crippen LogP contribution in [0, 0.1) is 5.82 Å². The van der Waals surface area contributed by atoms with Crippen molar-refractivity contribution in [1.29, 1.82) is 0 Å². The normalized spacial score (nSPS) is 14.2. The Labute approximate surface area is 172 Å². The van der Waals surface area contributed by atoms with Gasteiger partial charge in [-0.05, 0) is 49.2 Å². The molecule has 2 amide bonds. The molecular formula is C21H22FN5O3. The fourth-order valence-corrected chi connectivity index (χ4v) is 2.84. The Bertz CT molecular complexity index is 1000. The summed E-state index contributed by atoms with van der Waals surface area (Å²) in [6.45, 7) is -0.0850. The van der Waals surface area contributed by atoms with Crippen molar-refractivity contribution < 1.29 is 19.0 Å². The predicted octanol–water partition coefficient (Wildman–Crippen LogP) is 3.05. The van der Waals surface area contributed by atoms with Crippen LogP contribution in [0.3, 0.4) is 0 Å². The molecule has 8 nitrogen and oxygen atoms in total. The molecule has 4 N–H and O–H groups in total. The Balaban J connectivity index is 1.21. The maximum absolute atomic E-state index is 13.1. The number of carbonyl (C=O) groups excluding carboxylic acids is 1. The van der Waals surface area contributed by atoms with E-state index in [-0.39, 0.29) is 13.2 Å². The molecule has 0 saturated heterocycles. The molecule has 0 aliphatic heterocycles. The van der Waals surface area contributed by atoms with Gasteiger partial charge < -0.3 is 20.5 Å². The van der Waals surface area contributed by atoms with Crippen molar-refractivity contribution in [2.24, 2.45) is 0 Å². The standard InChI is InChI=1S/C21H22FN5O3/c22-15-2-1-3-18(10-15)30-12-17(28)11-23-21(29)24-16-8-6-14(7-9-16)20-25-19(26-27-20)13-4-5-13/h1-3,6-10,13,17,28H,4-5,11-12H2,(H2,23,24,29)(H,25,26,27). The van der Waals surface area contributed by atoms with Crippen LogP contribution in [0.1, 0.15) is 24.6 Å². The zero-order valence-corrected chi connectivity index (χ0v) is 16.1. The first kappa shape index (κ1) is 19.8. The van der Waals surface area contributed by atoms with Gasteiger partial charge in [-0.3, -0.25) is 5.10 Å². The molecule has 0 bridgehead atoms. The summed E-state index contributed by atoms with van der Waals surface area (Å²) in [7, 11) is 0. The number of nitrogens with zero attached hydrogens (tertiary/aromatic N) is 2. The number of halogens is 1. The van der Waals surface area contributed by atoms with Gasteiger partial charge in [0.1, 0.15) is 30.1 Å². The third kappa shape index (κ3) is 5.32. The molecule has 1 heterocycles. The van der Waals surface area contributed by atoms with Gasteiger partial charge in [-0.25, -0.2) is 14.2 Å². The summed E-state index contributed by atoms with van der Waals surface area (Å²) >= 11 is 0. The van der Waals surface area contributed by atoms with Crippen LogP contribution < -0.4 is 15.4 Å². The topological polar surface area (TPSA) is 112 Å². The molecule has 4 rings (SSSR count). The monoisotopic (exact) mass is 411 g/mol. The van der Waals surface area contributed by atoms with Gasteiger partial charge in [0, 0.05) is 29.8 Å². The number of rotatable bonds is 8. The maximum atomic E-state index is 13.1. The third-order valence-corrected chi connectivity index (χ3v) is 4.60. The maximum Gasteiger partial charge on any atom is 0.319 e. The number of anilines is 1. The van der Waals surface area contributed by atoms with Gasteiger partial charge in [-0.1, -0.05) is 6.07 Å². The van der Waals surface area contributed by atoms with Crippen LogP contribution in [0.5, 0.6) is 5.75 Å². The van der Waals surface area contributed by atoms with E-state index in [4.69, 9.17) is 4.74 Å². The number of aliphatic hydroxyl groups excluding tert-OH is 1. The third-order valence-electron chi connectivity index (χ3n) is 4.60. The first-order valence-corrected chi connectivity index (χ1v) is 9.71. The van der Waals surface area contributed by atoms with Crippen LogP contribution in [0.2, 0.25) is 0 Å². The van der Waals surface area contributed by atoms with E-state index in [1.54, 1.807) is 18.2 Å². The fraction of sp³-hybridized carbons (Fsp3) is 0.286. The lowest BCUT2D eigenvalue weighted by atomic mass is 10.2. The molecule has 0 spiro atoms. The van der Waals surface area contributed by atoms with E-state index in [2.05, 4.69) is 25.8 Å². The number of urea groups is 1. The van der Waals surface area contributed by atoms with Crippen LogP contribution in [-0.2, 0) is 0 Å². The number of aliphatic hydroxyl groups is 1. The molecule has 0 radical (unpaired) electrons. The second-order valence-corrected chi connectivity index (χ2v) is 7.15. The molecule has 1 atom stereocenters. The average Bonchev–Trinajstić information content (AvgIpc) is 3.48. The van der Waals surface area contributed by atoms with E-state index >= 15 is 0 Å². The van der Waals surface area contributed by atoms with Crippen LogP contribution in [0.4, 0.5) is 14.9 Å². The van der Waals surface area contributed by atoms with E-state index in [1.165, 1.54) is 18.2 Å². The van der Waals surface area contributed by atoms with Gasteiger partial charge in [0.25, 0.3) is 0 Å². The lowest BCUT2D eigenvalue weighted by Gasteiger charge is -2.14. The van der Waals surface area contributed by atoms with Gasteiger partial charge in [-0.2, -0.15) is 5.10 Å².